The lowest BCUT2D eigenvalue weighted by Gasteiger charge is -2.26. The average Bonchev–Trinajstić information content (AvgIpc) is 2.44. The highest BCUT2D eigenvalue weighted by Gasteiger charge is 2.23. The maximum Gasteiger partial charge on any atom is 0.255 e. The molecule has 0 aromatic carbocycles. The van der Waals surface area contributed by atoms with Gasteiger partial charge in [0.25, 0.3) is 5.91 Å². The van der Waals surface area contributed by atoms with E-state index >= 15 is 0 Å². The van der Waals surface area contributed by atoms with Crippen LogP contribution in [0.4, 0.5) is 0 Å². The molecule has 1 aromatic heterocycles. The molecule has 0 atom stereocenters. The first-order valence-electron chi connectivity index (χ1n) is 5.82. The zero-order chi connectivity index (χ0) is 13.7. The van der Waals surface area contributed by atoms with Gasteiger partial charge in [-0.2, -0.15) is 0 Å². The number of carbonyl (C=O) groups excluding carboxylic acids is 2. The van der Waals surface area contributed by atoms with Gasteiger partial charge in [0.05, 0.1) is 17.7 Å². The third-order valence-electron chi connectivity index (χ3n) is 2.68. The van der Waals surface area contributed by atoms with E-state index in [0.717, 1.165) is 0 Å². The minimum Gasteiger partial charge on any atom is -0.384 e. The summed E-state index contributed by atoms with van der Waals surface area (Å²) in [6.45, 7) is 0.690. The Morgan fingerprint density at radius 1 is 1.58 bits per heavy atom. The van der Waals surface area contributed by atoms with Gasteiger partial charge in [-0.1, -0.05) is 11.8 Å². The number of aliphatic hydroxyl groups is 1. The number of rotatable bonds is 1. The van der Waals surface area contributed by atoms with E-state index in [1.54, 1.807) is 6.07 Å². The van der Waals surface area contributed by atoms with E-state index in [9.17, 15) is 9.59 Å². The quantitative estimate of drug-likeness (QED) is 0.634. The number of hydrogen-bond acceptors (Lipinski definition) is 4. The van der Waals surface area contributed by atoms with Gasteiger partial charge in [0.1, 0.15) is 6.61 Å². The fraction of sp³-hybridized carbons (Fsp3) is 0.308. The Kier molecular flexibility index (Phi) is 4.11. The van der Waals surface area contributed by atoms with Crippen molar-refractivity contribution in [3.8, 4) is 11.8 Å². The van der Waals surface area contributed by atoms with Gasteiger partial charge in [0.15, 0.2) is 0 Å². The molecule has 2 N–H and O–H groups in total. The minimum atomic E-state index is -0.283. The molecule has 6 heteroatoms. The van der Waals surface area contributed by atoms with Crippen LogP contribution in [0.2, 0.25) is 0 Å². The van der Waals surface area contributed by atoms with Crippen molar-refractivity contribution < 1.29 is 14.7 Å². The second-order valence-electron chi connectivity index (χ2n) is 3.96. The van der Waals surface area contributed by atoms with E-state index < -0.39 is 0 Å². The molecule has 2 rings (SSSR count). The van der Waals surface area contributed by atoms with Crippen LogP contribution in [0.1, 0.15) is 15.9 Å². The summed E-state index contributed by atoms with van der Waals surface area (Å²) < 4.78 is 0. The van der Waals surface area contributed by atoms with Gasteiger partial charge in [-0.3, -0.25) is 14.6 Å². The van der Waals surface area contributed by atoms with Crippen LogP contribution < -0.4 is 5.32 Å². The van der Waals surface area contributed by atoms with Crippen LogP contribution >= 0.6 is 0 Å². The Morgan fingerprint density at radius 2 is 2.42 bits per heavy atom. The van der Waals surface area contributed by atoms with Gasteiger partial charge >= 0.3 is 0 Å². The zero-order valence-corrected chi connectivity index (χ0v) is 10.2. The van der Waals surface area contributed by atoms with E-state index in [4.69, 9.17) is 5.11 Å². The van der Waals surface area contributed by atoms with E-state index in [0.29, 0.717) is 24.2 Å². The molecule has 2 heterocycles. The predicted molar refractivity (Wildman–Crippen MR) is 67.1 cm³/mol. The van der Waals surface area contributed by atoms with Crippen LogP contribution in [0.5, 0.6) is 0 Å². The lowest BCUT2D eigenvalue weighted by Crippen LogP contribution is -2.50. The molecule has 0 saturated carbocycles. The van der Waals surface area contributed by atoms with Crippen LogP contribution in [0.3, 0.4) is 0 Å². The zero-order valence-electron chi connectivity index (χ0n) is 10.2. The van der Waals surface area contributed by atoms with Crippen molar-refractivity contribution in [1.82, 2.24) is 15.2 Å². The molecule has 1 aromatic rings. The monoisotopic (exact) mass is 259 g/mol. The Bertz CT molecular complexity index is 560. The third-order valence-corrected chi connectivity index (χ3v) is 2.68. The van der Waals surface area contributed by atoms with Crippen LogP contribution in [0, 0.1) is 11.8 Å². The molecule has 0 aliphatic carbocycles. The van der Waals surface area contributed by atoms with Gasteiger partial charge in [-0.25, -0.2) is 0 Å². The molecular weight excluding hydrogens is 246 g/mol. The first-order valence-corrected chi connectivity index (χ1v) is 5.82. The normalized spacial score (nSPS) is 14.4. The fourth-order valence-corrected chi connectivity index (χ4v) is 1.80. The Hall–Kier alpha value is -2.39. The summed E-state index contributed by atoms with van der Waals surface area (Å²) in [5.74, 6) is 4.75. The number of carbonyl (C=O) groups is 2. The highest BCUT2D eigenvalue weighted by Crippen LogP contribution is 2.10. The lowest BCUT2D eigenvalue weighted by molar-refractivity contribution is -0.123. The molecule has 1 saturated heterocycles. The average molecular weight is 259 g/mol. The molecule has 2 amide bonds. The molecule has 1 aliphatic heterocycles. The van der Waals surface area contributed by atoms with E-state index in [1.807, 2.05) is 0 Å². The molecule has 1 fully saturated rings. The minimum absolute atomic E-state index is 0.0496. The number of aromatic nitrogens is 1. The summed E-state index contributed by atoms with van der Waals surface area (Å²) in [7, 11) is 0. The summed E-state index contributed by atoms with van der Waals surface area (Å²) in [6, 6.07) is 1.57. The number of nitrogens with one attached hydrogen (secondary N) is 1. The highest BCUT2D eigenvalue weighted by atomic mass is 16.2. The number of nitrogens with zero attached hydrogens (tertiary/aromatic N) is 2. The molecule has 0 bridgehead atoms. The maximum absolute atomic E-state index is 12.3. The number of amides is 2. The standard InChI is InChI=1S/C13H13N3O3/c17-7-1-2-10-8-14-4-3-11(10)13(19)16-6-5-15-12(18)9-16/h3-4,8,17H,5-7,9H2,(H,15,18). The van der Waals surface area contributed by atoms with Crippen molar-refractivity contribution in [2.45, 2.75) is 0 Å². The maximum atomic E-state index is 12.3. The Balaban J connectivity index is 2.25. The summed E-state index contributed by atoms with van der Waals surface area (Å²) in [4.78, 5) is 29.0. The molecule has 0 unspecified atom stereocenters. The van der Waals surface area contributed by atoms with Crippen molar-refractivity contribution >= 4 is 11.8 Å². The summed E-state index contributed by atoms with van der Waals surface area (Å²) >= 11 is 0. The van der Waals surface area contributed by atoms with Gasteiger partial charge in [0, 0.05) is 25.5 Å². The highest BCUT2D eigenvalue weighted by molar-refractivity contribution is 5.98. The molecule has 0 radical (unpaired) electrons. The van der Waals surface area contributed by atoms with Crippen LogP contribution in [0.15, 0.2) is 18.5 Å². The van der Waals surface area contributed by atoms with Crippen molar-refractivity contribution in [3.05, 3.63) is 29.6 Å². The third kappa shape index (κ3) is 3.09. The van der Waals surface area contributed by atoms with Gasteiger partial charge in [0.2, 0.25) is 5.91 Å². The summed E-state index contributed by atoms with van der Waals surface area (Å²) in [6.07, 6.45) is 2.97. The van der Waals surface area contributed by atoms with Crippen LogP contribution in [-0.4, -0.2) is 53.0 Å². The first-order chi connectivity index (χ1) is 9.22. The van der Waals surface area contributed by atoms with Crippen molar-refractivity contribution in [2.75, 3.05) is 26.2 Å². The molecule has 98 valence electrons. The number of aliphatic hydroxyl groups excluding tert-OH is 1. The smallest absolute Gasteiger partial charge is 0.255 e. The summed E-state index contributed by atoms with van der Waals surface area (Å²) in [5.41, 5.74) is 0.846. The van der Waals surface area contributed by atoms with E-state index in [2.05, 4.69) is 22.1 Å². The fourth-order valence-electron chi connectivity index (χ4n) is 1.80. The topological polar surface area (TPSA) is 82.5 Å². The molecule has 0 spiro atoms. The number of hydrogen-bond donors (Lipinski definition) is 2. The Morgan fingerprint density at radius 3 is 3.16 bits per heavy atom. The van der Waals surface area contributed by atoms with E-state index in [1.165, 1.54) is 17.3 Å². The van der Waals surface area contributed by atoms with Gasteiger partial charge in [-0.15, -0.1) is 0 Å². The molecule has 1 aliphatic rings. The first kappa shape index (κ1) is 13.1. The van der Waals surface area contributed by atoms with E-state index in [-0.39, 0.29) is 25.0 Å². The summed E-state index contributed by atoms with van der Waals surface area (Å²) in [5, 5.41) is 11.4. The number of piperazine rings is 1. The molecular formula is C13H13N3O3. The predicted octanol–water partition coefficient (Wildman–Crippen LogP) is -1.00. The van der Waals surface area contributed by atoms with Crippen LogP contribution in [-0.2, 0) is 4.79 Å². The van der Waals surface area contributed by atoms with Gasteiger partial charge in [-0.05, 0) is 6.07 Å². The van der Waals surface area contributed by atoms with Crippen molar-refractivity contribution in [1.29, 1.82) is 0 Å². The SMILES string of the molecule is O=C1CN(C(=O)c2ccncc2C#CCO)CCN1. The second-order valence-corrected chi connectivity index (χ2v) is 3.96. The largest absolute Gasteiger partial charge is 0.384 e. The van der Waals surface area contributed by atoms with Crippen molar-refractivity contribution in [3.63, 3.8) is 0 Å². The van der Waals surface area contributed by atoms with Crippen molar-refractivity contribution in [2.24, 2.45) is 0 Å². The second kappa shape index (κ2) is 5.98. The van der Waals surface area contributed by atoms with Gasteiger partial charge < -0.3 is 15.3 Å². The molecule has 19 heavy (non-hydrogen) atoms. The Labute approximate surface area is 110 Å². The lowest BCUT2D eigenvalue weighted by atomic mass is 10.1. The van der Waals surface area contributed by atoms with Crippen LogP contribution in [0.25, 0.3) is 0 Å². The number of pyridine rings is 1. The molecule has 6 nitrogen and oxygen atoms in total.